The van der Waals surface area contributed by atoms with Gasteiger partial charge in [-0.15, -0.1) is 0 Å². The molecule has 19 heavy (non-hydrogen) atoms. The topological polar surface area (TPSA) is 42.7 Å². The average Bonchev–Trinajstić information content (AvgIpc) is 2.88. The maximum Gasteiger partial charge on any atom is 0.137 e. The highest BCUT2D eigenvalue weighted by molar-refractivity contribution is 5.29. The van der Waals surface area contributed by atoms with Gasteiger partial charge >= 0.3 is 0 Å². The fourth-order valence-electron chi connectivity index (χ4n) is 2.09. The van der Waals surface area contributed by atoms with Gasteiger partial charge in [0.15, 0.2) is 0 Å². The fourth-order valence-corrected chi connectivity index (χ4v) is 2.09. The van der Waals surface area contributed by atoms with Gasteiger partial charge in [-0.2, -0.15) is 5.10 Å². The third kappa shape index (κ3) is 3.41. The van der Waals surface area contributed by atoms with Gasteiger partial charge in [0, 0.05) is 0 Å². The Balaban J connectivity index is 2.15. The van der Waals surface area contributed by atoms with Crippen molar-refractivity contribution in [2.24, 2.45) is 0 Å². The Kier molecular flexibility index (Phi) is 4.00. The summed E-state index contributed by atoms with van der Waals surface area (Å²) in [4.78, 5) is 3.97. The van der Waals surface area contributed by atoms with E-state index in [9.17, 15) is 0 Å². The number of hydrogen-bond acceptors (Lipinski definition) is 3. The molecule has 0 amide bonds. The molecule has 0 bridgehead atoms. The van der Waals surface area contributed by atoms with E-state index in [1.54, 1.807) is 12.7 Å². The number of benzene rings is 1. The number of rotatable bonds is 4. The van der Waals surface area contributed by atoms with Crippen molar-refractivity contribution in [1.29, 1.82) is 0 Å². The second-order valence-corrected chi connectivity index (χ2v) is 5.83. The van der Waals surface area contributed by atoms with Crippen molar-refractivity contribution in [1.82, 2.24) is 20.1 Å². The van der Waals surface area contributed by atoms with Gasteiger partial charge in [-0.1, -0.05) is 45.0 Å². The number of nitrogens with one attached hydrogen (secondary N) is 1. The molecule has 0 radical (unpaired) electrons. The predicted octanol–water partition coefficient (Wildman–Crippen LogP) is 2.54. The zero-order valence-electron chi connectivity index (χ0n) is 12.1. The van der Waals surface area contributed by atoms with Gasteiger partial charge in [-0.05, 0) is 23.6 Å². The SMILES string of the molecule is CNC(Cn1cncn1)c1ccc(C(C)(C)C)cc1. The molecule has 0 aliphatic heterocycles. The first-order chi connectivity index (χ1) is 9.00. The lowest BCUT2D eigenvalue weighted by molar-refractivity contribution is 0.467. The van der Waals surface area contributed by atoms with Crippen molar-refractivity contribution in [3.63, 3.8) is 0 Å². The minimum atomic E-state index is 0.194. The van der Waals surface area contributed by atoms with E-state index in [0.29, 0.717) is 0 Å². The molecule has 0 aliphatic rings. The lowest BCUT2D eigenvalue weighted by Crippen LogP contribution is -2.22. The summed E-state index contributed by atoms with van der Waals surface area (Å²) >= 11 is 0. The van der Waals surface area contributed by atoms with Gasteiger partial charge in [0.05, 0.1) is 12.6 Å². The summed E-state index contributed by atoms with van der Waals surface area (Å²) in [5, 5.41) is 7.48. The second kappa shape index (κ2) is 5.53. The van der Waals surface area contributed by atoms with Crippen LogP contribution in [0.1, 0.15) is 37.9 Å². The predicted molar refractivity (Wildman–Crippen MR) is 77.0 cm³/mol. The zero-order valence-corrected chi connectivity index (χ0v) is 12.1. The van der Waals surface area contributed by atoms with Crippen molar-refractivity contribution in [3.05, 3.63) is 48.0 Å². The molecule has 4 heteroatoms. The Bertz CT molecular complexity index is 494. The van der Waals surface area contributed by atoms with Crippen LogP contribution < -0.4 is 5.32 Å². The van der Waals surface area contributed by atoms with E-state index in [0.717, 1.165) is 6.54 Å². The Hall–Kier alpha value is -1.68. The monoisotopic (exact) mass is 258 g/mol. The van der Waals surface area contributed by atoms with Crippen LogP contribution in [-0.2, 0) is 12.0 Å². The molecule has 1 aromatic heterocycles. The molecular weight excluding hydrogens is 236 g/mol. The van der Waals surface area contributed by atoms with Crippen LogP contribution >= 0.6 is 0 Å². The molecule has 1 atom stereocenters. The zero-order chi connectivity index (χ0) is 13.9. The first-order valence-corrected chi connectivity index (χ1v) is 6.61. The van der Waals surface area contributed by atoms with Crippen molar-refractivity contribution >= 4 is 0 Å². The summed E-state index contributed by atoms with van der Waals surface area (Å²) in [5.41, 5.74) is 2.82. The van der Waals surface area contributed by atoms with E-state index in [-0.39, 0.29) is 11.5 Å². The summed E-state index contributed by atoms with van der Waals surface area (Å²) in [5.74, 6) is 0. The van der Waals surface area contributed by atoms with Crippen molar-refractivity contribution in [2.75, 3.05) is 7.05 Å². The van der Waals surface area contributed by atoms with E-state index < -0.39 is 0 Å². The van der Waals surface area contributed by atoms with Crippen LogP contribution in [-0.4, -0.2) is 21.8 Å². The molecule has 2 aromatic rings. The van der Waals surface area contributed by atoms with Gasteiger partial charge in [0.25, 0.3) is 0 Å². The van der Waals surface area contributed by atoms with Crippen LogP contribution in [0.2, 0.25) is 0 Å². The normalized spacial score (nSPS) is 13.5. The molecule has 0 aliphatic carbocycles. The Morgan fingerprint density at radius 1 is 1.21 bits per heavy atom. The number of likely N-dealkylation sites (N-methyl/N-ethyl adjacent to an activating group) is 1. The molecule has 0 saturated heterocycles. The Morgan fingerprint density at radius 3 is 2.37 bits per heavy atom. The second-order valence-electron chi connectivity index (χ2n) is 5.83. The molecule has 1 unspecified atom stereocenters. The molecule has 0 spiro atoms. The first kappa shape index (κ1) is 13.7. The van der Waals surface area contributed by atoms with Crippen molar-refractivity contribution in [2.45, 2.75) is 38.8 Å². The molecule has 1 heterocycles. The van der Waals surface area contributed by atoms with Gasteiger partial charge in [-0.25, -0.2) is 4.98 Å². The molecule has 4 nitrogen and oxygen atoms in total. The van der Waals surface area contributed by atoms with Crippen LogP contribution in [0.5, 0.6) is 0 Å². The van der Waals surface area contributed by atoms with E-state index in [4.69, 9.17) is 0 Å². The lowest BCUT2D eigenvalue weighted by Gasteiger charge is -2.21. The highest BCUT2D eigenvalue weighted by Gasteiger charge is 2.15. The third-order valence-corrected chi connectivity index (χ3v) is 3.36. The molecule has 2 rings (SSSR count). The number of nitrogens with zero attached hydrogens (tertiary/aromatic N) is 3. The summed E-state index contributed by atoms with van der Waals surface area (Å²) < 4.78 is 1.85. The van der Waals surface area contributed by atoms with Gasteiger partial charge < -0.3 is 5.32 Å². The highest BCUT2D eigenvalue weighted by Crippen LogP contribution is 2.24. The molecule has 0 fully saturated rings. The van der Waals surface area contributed by atoms with E-state index in [1.165, 1.54) is 11.1 Å². The van der Waals surface area contributed by atoms with Crippen LogP contribution in [0.3, 0.4) is 0 Å². The van der Waals surface area contributed by atoms with Crippen molar-refractivity contribution in [3.8, 4) is 0 Å². The Morgan fingerprint density at radius 2 is 1.89 bits per heavy atom. The standard InChI is InChI=1S/C15H22N4/c1-15(2,3)13-7-5-12(6-8-13)14(16-4)9-19-11-17-10-18-19/h5-8,10-11,14,16H,9H2,1-4H3. The summed E-state index contributed by atoms with van der Waals surface area (Å²) in [7, 11) is 1.97. The first-order valence-electron chi connectivity index (χ1n) is 6.61. The average molecular weight is 258 g/mol. The van der Waals surface area contributed by atoms with Crippen LogP contribution in [0.4, 0.5) is 0 Å². The van der Waals surface area contributed by atoms with Crippen molar-refractivity contribution < 1.29 is 0 Å². The van der Waals surface area contributed by atoms with Gasteiger partial charge in [0.1, 0.15) is 12.7 Å². The fraction of sp³-hybridized carbons (Fsp3) is 0.467. The van der Waals surface area contributed by atoms with Crippen LogP contribution in [0, 0.1) is 0 Å². The number of aromatic nitrogens is 3. The molecule has 0 saturated carbocycles. The molecule has 102 valence electrons. The molecule has 1 N–H and O–H groups in total. The third-order valence-electron chi connectivity index (χ3n) is 3.36. The molecule has 1 aromatic carbocycles. The van der Waals surface area contributed by atoms with E-state index >= 15 is 0 Å². The summed E-state index contributed by atoms with van der Waals surface area (Å²) in [6, 6.07) is 9.05. The number of hydrogen-bond donors (Lipinski definition) is 1. The van der Waals surface area contributed by atoms with Gasteiger partial charge in [-0.3, -0.25) is 4.68 Å². The minimum absolute atomic E-state index is 0.194. The Labute approximate surface area is 114 Å². The largest absolute Gasteiger partial charge is 0.311 e. The minimum Gasteiger partial charge on any atom is -0.311 e. The molecular formula is C15H22N4. The maximum atomic E-state index is 4.15. The quantitative estimate of drug-likeness (QED) is 0.916. The van der Waals surface area contributed by atoms with Crippen LogP contribution in [0.25, 0.3) is 0 Å². The maximum absolute atomic E-state index is 4.15. The lowest BCUT2D eigenvalue weighted by atomic mass is 9.86. The smallest absolute Gasteiger partial charge is 0.137 e. The van der Waals surface area contributed by atoms with Gasteiger partial charge in [0.2, 0.25) is 0 Å². The van der Waals surface area contributed by atoms with E-state index in [2.05, 4.69) is 60.4 Å². The summed E-state index contributed by atoms with van der Waals surface area (Å²) in [6.45, 7) is 7.47. The van der Waals surface area contributed by atoms with E-state index in [1.807, 2.05) is 11.7 Å². The van der Waals surface area contributed by atoms with Crippen LogP contribution in [0.15, 0.2) is 36.9 Å². The highest BCUT2D eigenvalue weighted by atomic mass is 15.3. The summed E-state index contributed by atoms with van der Waals surface area (Å²) in [6.07, 6.45) is 3.31.